The molecule has 7 heteroatoms. The van der Waals surface area contributed by atoms with Gasteiger partial charge in [-0.3, -0.25) is 4.90 Å². The summed E-state index contributed by atoms with van der Waals surface area (Å²) in [6, 6.07) is 1.94. The maximum atomic E-state index is 14.2. The Morgan fingerprint density at radius 2 is 1.82 bits per heavy atom. The minimum Gasteiger partial charge on any atom is -0.314 e. The van der Waals surface area contributed by atoms with Gasteiger partial charge >= 0.3 is 0 Å². The number of hydrogen-bond acceptors (Lipinski definition) is 2. The summed E-state index contributed by atoms with van der Waals surface area (Å²) in [5, 5.41) is 3.13. The molecular formula is C15H21Cl3F2N2. The van der Waals surface area contributed by atoms with E-state index in [1.807, 2.05) is 6.92 Å². The lowest BCUT2D eigenvalue weighted by Gasteiger charge is -2.36. The van der Waals surface area contributed by atoms with Crippen LogP contribution in [-0.2, 0) is 0 Å². The van der Waals surface area contributed by atoms with Gasteiger partial charge in [0.25, 0.3) is 0 Å². The summed E-state index contributed by atoms with van der Waals surface area (Å²) >= 11 is 6.01. The highest BCUT2D eigenvalue weighted by Gasteiger charge is 2.28. The third kappa shape index (κ3) is 5.07. The number of benzene rings is 1. The van der Waals surface area contributed by atoms with Crippen LogP contribution >= 0.6 is 36.4 Å². The number of nitrogens with zero attached hydrogens (tertiary/aromatic N) is 1. The molecule has 0 aliphatic carbocycles. The second-order valence-electron chi connectivity index (χ2n) is 5.22. The molecule has 0 unspecified atom stereocenters. The number of piperazine rings is 1. The second kappa shape index (κ2) is 9.68. The first-order chi connectivity index (χ1) is 9.50. The van der Waals surface area contributed by atoms with Gasteiger partial charge in [0.05, 0.1) is 5.02 Å². The van der Waals surface area contributed by atoms with Crippen LogP contribution in [0, 0.1) is 11.6 Å². The van der Waals surface area contributed by atoms with E-state index < -0.39 is 11.6 Å². The lowest BCUT2D eigenvalue weighted by Crippen LogP contribution is -2.45. The molecule has 0 spiro atoms. The van der Waals surface area contributed by atoms with E-state index in [4.69, 9.17) is 11.6 Å². The molecule has 2 rings (SSSR count). The van der Waals surface area contributed by atoms with Crippen molar-refractivity contribution >= 4 is 36.4 Å². The molecule has 1 atom stereocenters. The van der Waals surface area contributed by atoms with Crippen LogP contribution in [0.4, 0.5) is 8.78 Å². The number of nitrogens with one attached hydrogen (secondary N) is 1. The van der Waals surface area contributed by atoms with Crippen molar-refractivity contribution in [2.75, 3.05) is 26.2 Å². The Morgan fingerprint density at radius 3 is 2.36 bits per heavy atom. The van der Waals surface area contributed by atoms with Crippen LogP contribution in [0.2, 0.25) is 5.02 Å². The molecule has 2 nitrogen and oxygen atoms in total. The Hall–Kier alpha value is -0.390. The summed E-state index contributed by atoms with van der Waals surface area (Å²) in [5.41, 5.74) is 1.17. The SMILES string of the molecule is C=C(C)C[C@H](c1c(F)ccc(F)c1Cl)N1CCNCC1.Cl.Cl. The molecule has 0 radical (unpaired) electrons. The van der Waals surface area contributed by atoms with Crippen molar-refractivity contribution in [3.05, 3.63) is 46.5 Å². The maximum Gasteiger partial charge on any atom is 0.142 e. The minimum absolute atomic E-state index is 0. The smallest absolute Gasteiger partial charge is 0.142 e. The summed E-state index contributed by atoms with van der Waals surface area (Å²) in [6.45, 7) is 9.02. The number of hydrogen-bond donors (Lipinski definition) is 1. The summed E-state index contributed by atoms with van der Waals surface area (Å²) in [6.07, 6.45) is 0.570. The molecule has 0 saturated carbocycles. The van der Waals surface area contributed by atoms with Crippen LogP contribution in [0.25, 0.3) is 0 Å². The molecule has 0 aromatic heterocycles. The highest BCUT2D eigenvalue weighted by Crippen LogP contribution is 2.35. The summed E-state index contributed by atoms with van der Waals surface area (Å²) in [7, 11) is 0. The van der Waals surface area contributed by atoms with Crippen LogP contribution in [0.15, 0.2) is 24.3 Å². The van der Waals surface area contributed by atoms with Crippen molar-refractivity contribution in [3.8, 4) is 0 Å². The van der Waals surface area contributed by atoms with E-state index >= 15 is 0 Å². The molecule has 1 aromatic carbocycles. The van der Waals surface area contributed by atoms with E-state index in [1.54, 1.807) is 0 Å². The largest absolute Gasteiger partial charge is 0.314 e. The standard InChI is InChI=1S/C15H19ClF2N2.2ClH/c1-10(2)9-13(20-7-5-19-6-8-20)14-11(17)3-4-12(18)15(14)16;;/h3-4,13,19H,1,5-9H2,2H3;2*1H/t13-;;/m1../s1. The highest BCUT2D eigenvalue weighted by atomic mass is 35.5. The van der Waals surface area contributed by atoms with Gasteiger partial charge in [-0.2, -0.15) is 0 Å². The Balaban J connectivity index is 0.00000220. The maximum absolute atomic E-state index is 14.2. The van der Waals surface area contributed by atoms with Crippen molar-refractivity contribution in [1.82, 2.24) is 10.2 Å². The van der Waals surface area contributed by atoms with Crippen LogP contribution < -0.4 is 5.32 Å². The van der Waals surface area contributed by atoms with Crippen molar-refractivity contribution in [2.24, 2.45) is 0 Å². The van der Waals surface area contributed by atoms with Gasteiger partial charge in [-0.05, 0) is 25.5 Å². The highest BCUT2D eigenvalue weighted by molar-refractivity contribution is 6.31. The minimum atomic E-state index is -0.579. The van der Waals surface area contributed by atoms with E-state index in [2.05, 4.69) is 16.8 Å². The van der Waals surface area contributed by atoms with Crippen molar-refractivity contribution in [1.29, 1.82) is 0 Å². The molecule has 126 valence electrons. The second-order valence-corrected chi connectivity index (χ2v) is 5.60. The van der Waals surface area contributed by atoms with Gasteiger partial charge < -0.3 is 5.32 Å². The normalized spacial score (nSPS) is 16.4. The van der Waals surface area contributed by atoms with E-state index in [0.29, 0.717) is 6.42 Å². The average molecular weight is 374 g/mol. The van der Waals surface area contributed by atoms with E-state index in [1.165, 1.54) is 0 Å². The van der Waals surface area contributed by atoms with E-state index in [0.717, 1.165) is 43.9 Å². The Kier molecular flexibility index (Phi) is 9.51. The predicted molar refractivity (Wildman–Crippen MR) is 92.5 cm³/mol. The lowest BCUT2D eigenvalue weighted by molar-refractivity contribution is 0.169. The monoisotopic (exact) mass is 372 g/mol. The molecule has 1 saturated heterocycles. The molecule has 1 aromatic rings. The first kappa shape index (κ1) is 21.6. The third-order valence-electron chi connectivity index (χ3n) is 3.55. The number of halogens is 5. The Labute approximate surface area is 147 Å². The van der Waals surface area contributed by atoms with Crippen LogP contribution in [0.5, 0.6) is 0 Å². The fourth-order valence-electron chi connectivity index (χ4n) is 2.59. The summed E-state index contributed by atoms with van der Waals surface area (Å²) in [4.78, 5) is 2.13. The molecule has 1 aliphatic heterocycles. The molecule has 1 fully saturated rings. The fraction of sp³-hybridized carbons (Fsp3) is 0.467. The van der Waals surface area contributed by atoms with Crippen LogP contribution in [-0.4, -0.2) is 31.1 Å². The van der Waals surface area contributed by atoms with Crippen LogP contribution in [0.1, 0.15) is 24.9 Å². The van der Waals surface area contributed by atoms with Crippen LogP contribution in [0.3, 0.4) is 0 Å². The van der Waals surface area contributed by atoms with Gasteiger partial charge in [0.2, 0.25) is 0 Å². The molecule has 22 heavy (non-hydrogen) atoms. The fourth-order valence-corrected chi connectivity index (χ4v) is 2.87. The van der Waals surface area contributed by atoms with Crippen molar-refractivity contribution in [2.45, 2.75) is 19.4 Å². The molecule has 1 heterocycles. The van der Waals surface area contributed by atoms with Crippen molar-refractivity contribution < 1.29 is 8.78 Å². The Morgan fingerprint density at radius 1 is 1.27 bits per heavy atom. The Bertz CT molecular complexity index is 506. The summed E-state index contributed by atoms with van der Waals surface area (Å²) in [5.74, 6) is -1.04. The topological polar surface area (TPSA) is 15.3 Å². The first-order valence-corrected chi connectivity index (χ1v) is 7.11. The van der Waals surface area contributed by atoms with Gasteiger partial charge in [-0.25, -0.2) is 8.78 Å². The molecule has 1 aliphatic rings. The van der Waals surface area contributed by atoms with E-state index in [9.17, 15) is 8.78 Å². The zero-order valence-electron chi connectivity index (χ0n) is 12.4. The van der Waals surface area contributed by atoms with E-state index in [-0.39, 0.29) is 41.4 Å². The van der Waals surface area contributed by atoms with Gasteiger partial charge in [-0.15, -0.1) is 31.4 Å². The molecule has 0 amide bonds. The quantitative estimate of drug-likeness (QED) is 0.622. The zero-order valence-corrected chi connectivity index (χ0v) is 14.8. The van der Waals surface area contributed by atoms with Gasteiger partial charge in [0.1, 0.15) is 11.6 Å². The summed E-state index contributed by atoms with van der Waals surface area (Å²) < 4.78 is 27.8. The van der Waals surface area contributed by atoms with Gasteiger partial charge in [0, 0.05) is 37.8 Å². The molecule has 0 bridgehead atoms. The van der Waals surface area contributed by atoms with Crippen molar-refractivity contribution in [3.63, 3.8) is 0 Å². The lowest BCUT2D eigenvalue weighted by atomic mass is 9.97. The average Bonchev–Trinajstić information content (AvgIpc) is 2.43. The van der Waals surface area contributed by atoms with Gasteiger partial charge in [-0.1, -0.05) is 17.2 Å². The molecule has 1 N–H and O–H groups in total. The predicted octanol–water partition coefficient (Wildman–Crippen LogP) is 4.37. The van der Waals surface area contributed by atoms with Gasteiger partial charge in [0.15, 0.2) is 0 Å². The molecular weight excluding hydrogens is 353 g/mol. The third-order valence-corrected chi connectivity index (χ3v) is 3.93. The number of rotatable bonds is 4. The first-order valence-electron chi connectivity index (χ1n) is 6.73. The zero-order chi connectivity index (χ0) is 14.7.